The molecule has 0 aliphatic rings. The fraction of sp³-hybridized carbons (Fsp3) is 0.286. The number of rotatable bonds is 1. The summed E-state index contributed by atoms with van der Waals surface area (Å²) in [4.78, 5) is 12.4. The normalized spacial score (nSPS) is 11.4. The first kappa shape index (κ1) is 10.4. The molecule has 0 radical (unpaired) electrons. The SMILES string of the molecule is COc1c(O)cc(C(F)(F)F)[nH]c1=O. The predicted octanol–water partition coefficient (Wildman–Crippen LogP) is 1.11. The van der Waals surface area contributed by atoms with Gasteiger partial charge in [-0.15, -0.1) is 0 Å². The Bertz CT molecular complexity index is 396. The molecule has 7 heteroatoms. The van der Waals surface area contributed by atoms with Gasteiger partial charge in [-0.2, -0.15) is 13.2 Å². The number of nitrogens with one attached hydrogen (secondary N) is 1. The third-order valence-electron chi connectivity index (χ3n) is 1.48. The summed E-state index contributed by atoms with van der Waals surface area (Å²) >= 11 is 0. The highest BCUT2D eigenvalue weighted by molar-refractivity contribution is 5.38. The summed E-state index contributed by atoms with van der Waals surface area (Å²) in [7, 11) is 1.07. The van der Waals surface area contributed by atoms with Crippen molar-refractivity contribution < 1.29 is 23.0 Å². The predicted molar refractivity (Wildman–Crippen MR) is 40.3 cm³/mol. The third-order valence-corrected chi connectivity index (χ3v) is 1.48. The van der Waals surface area contributed by atoms with Gasteiger partial charge >= 0.3 is 6.18 Å². The van der Waals surface area contributed by atoms with Gasteiger partial charge in [0.25, 0.3) is 5.56 Å². The van der Waals surface area contributed by atoms with Crippen LogP contribution in [0.5, 0.6) is 11.5 Å². The van der Waals surface area contributed by atoms with E-state index in [2.05, 4.69) is 4.74 Å². The van der Waals surface area contributed by atoms with Crippen LogP contribution in [0.3, 0.4) is 0 Å². The maximum Gasteiger partial charge on any atom is 0.431 e. The molecule has 4 nitrogen and oxygen atoms in total. The number of alkyl halides is 3. The monoisotopic (exact) mass is 209 g/mol. The van der Waals surface area contributed by atoms with Gasteiger partial charge in [-0.05, 0) is 0 Å². The number of methoxy groups -OCH3 is 1. The molecule has 1 aromatic heterocycles. The van der Waals surface area contributed by atoms with Gasteiger partial charge in [0.15, 0.2) is 5.75 Å². The molecule has 2 N–H and O–H groups in total. The fourth-order valence-corrected chi connectivity index (χ4v) is 0.884. The van der Waals surface area contributed by atoms with E-state index in [9.17, 15) is 18.0 Å². The van der Waals surface area contributed by atoms with Crippen molar-refractivity contribution in [2.75, 3.05) is 7.11 Å². The van der Waals surface area contributed by atoms with Gasteiger partial charge in [-0.3, -0.25) is 4.79 Å². The second-order valence-corrected chi connectivity index (χ2v) is 2.43. The van der Waals surface area contributed by atoms with Crippen LogP contribution in [0.15, 0.2) is 10.9 Å². The number of halogens is 3. The van der Waals surface area contributed by atoms with E-state index in [0.717, 1.165) is 7.11 Å². The molecule has 14 heavy (non-hydrogen) atoms. The Morgan fingerprint density at radius 1 is 1.50 bits per heavy atom. The molecule has 0 aliphatic carbocycles. The van der Waals surface area contributed by atoms with Crippen LogP contribution in [-0.2, 0) is 6.18 Å². The first-order chi connectivity index (χ1) is 6.36. The number of H-pyrrole nitrogens is 1. The first-order valence-corrected chi connectivity index (χ1v) is 3.43. The molecule has 78 valence electrons. The fourth-order valence-electron chi connectivity index (χ4n) is 0.884. The highest BCUT2D eigenvalue weighted by Crippen LogP contribution is 2.31. The highest BCUT2D eigenvalue weighted by atomic mass is 19.4. The van der Waals surface area contributed by atoms with Gasteiger partial charge in [0, 0.05) is 6.07 Å². The van der Waals surface area contributed by atoms with E-state index in [0.29, 0.717) is 6.07 Å². The number of aromatic hydroxyl groups is 1. The lowest BCUT2D eigenvalue weighted by Crippen LogP contribution is -2.17. The maximum absolute atomic E-state index is 12.1. The van der Waals surface area contributed by atoms with Crippen LogP contribution in [0.25, 0.3) is 0 Å². The average molecular weight is 209 g/mol. The van der Waals surface area contributed by atoms with Crippen LogP contribution in [0.4, 0.5) is 13.2 Å². The van der Waals surface area contributed by atoms with Crippen LogP contribution in [0, 0.1) is 0 Å². The van der Waals surface area contributed by atoms with Crippen molar-refractivity contribution in [1.29, 1.82) is 0 Å². The second-order valence-electron chi connectivity index (χ2n) is 2.43. The van der Waals surface area contributed by atoms with E-state index >= 15 is 0 Å². The van der Waals surface area contributed by atoms with Gasteiger partial charge < -0.3 is 14.8 Å². The van der Waals surface area contributed by atoms with Gasteiger partial charge in [0.1, 0.15) is 5.69 Å². The van der Waals surface area contributed by atoms with Crippen molar-refractivity contribution in [3.8, 4) is 11.5 Å². The molecule has 0 aromatic carbocycles. The molecular formula is C7H6F3NO3. The minimum Gasteiger partial charge on any atom is -0.504 e. The Kier molecular flexibility index (Phi) is 2.41. The number of hydrogen-bond acceptors (Lipinski definition) is 3. The molecule has 0 aliphatic heterocycles. The van der Waals surface area contributed by atoms with E-state index < -0.39 is 28.9 Å². The number of pyridine rings is 1. The molecule has 1 aromatic rings. The van der Waals surface area contributed by atoms with Crippen molar-refractivity contribution in [3.05, 3.63) is 22.1 Å². The van der Waals surface area contributed by atoms with Gasteiger partial charge in [0.05, 0.1) is 7.11 Å². The summed E-state index contributed by atoms with van der Waals surface area (Å²) in [6.07, 6.45) is -4.71. The number of aromatic amines is 1. The summed E-state index contributed by atoms with van der Waals surface area (Å²) in [5.74, 6) is -1.39. The summed E-state index contributed by atoms with van der Waals surface area (Å²) < 4.78 is 40.6. The largest absolute Gasteiger partial charge is 0.504 e. The van der Waals surface area contributed by atoms with Crippen LogP contribution in [-0.4, -0.2) is 17.2 Å². The minimum absolute atomic E-state index is 0.389. The van der Waals surface area contributed by atoms with Crippen molar-refractivity contribution in [2.45, 2.75) is 6.18 Å². The molecule has 0 fully saturated rings. The van der Waals surface area contributed by atoms with Crippen LogP contribution in [0.2, 0.25) is 0 Å². The Morgan fingerprint density at radius 2 is 2.07 bits per heavy atom. The zero-order valence-corrected chi connectivity index (χ0v) is 6.97. The zero-order chi connectivity index (χ0) is 10.9. The molecule has 0 atom stereocenters. The van der Waals surface area contributed by atoms with Crippen LogP contribution < -0.4 is 10.3 Å². The standard InChI is InChI=1S/C7H6F3NO3/c1-14-5-3(12)2-4(7(8,9)10)11-6(5)13/h2H,1H3,(H2,11,12,13). The topological polar surface area (TPSA) is 62.3 Å². The van der Waals surface area contributed by atoms with Crippen molar-refractivity contribution in [1.82, 2.24) is 4.98 Å². The Hall–Kier alpha value is -1.66. The number of aromatic nitrogens is 1. The quantitative estimate of drug-likeness (QED) is 0.728. The Balaban J connectivity index is 3.36. The lowest BCUT2D eigenvalue weighted by Gasteiger charge is -2.08. The molecule has 1 heterocycles. The third kappa shape index (κ3) is 1.81. The molecule has 0 spiro atoms. The Labute approximate surface area is 75.9 Å². The lowest BCUT2D eigenvalue weighted by atomic mass is 10.3. The Morgan fingerprint density at radius 3 is 2.43 bits per heavy atom. The van der Waals surface area contributed by atoms with Crippen molar-refractivity contribution in [2.24, 2.45) is 0 Å². The molecule has 0 bridgehead atoms. The molecule has 0 amide bonds. The number of hydrogen-bond donors (Lipinski definition) is 2. The smallest absolute Gasteiger partial charge is 0.431 e. The van der Waals surface area contributed by atoms with Crippen LogP contribution in [0.1, 0.15) is 5.69 Å². The van der Waals surface area contributed by atoms with E-state index in [-0.39, 0.29) is 0 Å². The minimum atomic E-state index is -4.71. The van der Waals surface area contributed by atoms with Gasteiger partial charge in [-0.25, -0.2) is 0 Å². The van der Waals surface area contributed by atoms with E-state index in [1.54, 1.807) is 4.98 Å². The molecule has 1 rings (SSSR count). The zero-order valence-electron chi connectivity index (χ0n) is 6.97. The van der Waals surface area contributed by atoms with E-state index in [4.69, 9.17) is 5.11 Å². The van der Waals surface area contributed by atoms with E-state index in [1.807, 2.05) is 0 Å². The highest BCUT2D eigenvalue weighted by Gasteiger charge is 2.33. The second kappa shape index (κ2) is 3.24. The summed E-state index contributed by atoms with van der Waals surface area (Å²) in [5.41, 5.74) is -2.44. The molecule has 0 saturated carbocycles. The van der Waals surface area contributed by atoms with Crippen molar-refractivity contribution in [3.63, 3.8) is 0 Å². The summed E-state index contributed by atoms with van der Waals surface area (Å²) in [6.45, 7) is 0. The van der Waals surface area contributed by atoms with Gasteiger partial charge in [0.2, 0.25) is 5.75 Å². The average Bonchev–Trinajstić information content (AvgIpc) is 2.01. The summed E-state index contributed by atoms with van der Waals surface area (Å²) in [5, 5.41) is 8.99. The van der Waals surface area contributed by atoms with E-state index in [1.165, 1.54) is 0 Å². The lowest BCUT2D eigenvalue weighted by molar-refractivity contribution is -0.141. The van der Waals surface area contributed by atoms with Crippen LogP contribution >= 0.6 is 0 Å². The molecule has 0 saturated heterocycles. The van der Waals surface area contributed by atoms with Crippen molar-refractivity contribution >= 4 is 0 Å². The first-order valence-electron chi connectivity index (χ1n) is 3.43. The maximum atomic E-state index is 12.1. The van der Waals surface area contributed by atoms with Gasteiger partial charge in [-0.1, -0.05) is 0 Å². The summed E-state index contributed by atoms with van der Waals surface area (Å²) in [6, 6.07) is 0.389. The molecular weight excluding hydrogens is 203 g/mol. The molecule has 0 unspecified atom stereocenters. The number of ether oxygens (including phenoxy) is 1.